The Morgan fingerprint density at radius 1 is 1.08 bits per heavy atom. The SMILES string of the molecule is COc1cc(C#N)cc2nc(-c3ccc(NC(=O)CN4CCN(c5ccc(C(F)(F)F)cc5)CC4)cc3)oc12. The highest BCUT2D eigenvalue weighted by Gasteiger charge is 2.30. The highest BCUT2D eigenvalue weighted by Crippen LogP contribution is 2.33. The van der Waals surface area contributed by atoms with Gasteiger partial charge in [-0.25, -0.2) is 4.98 Å². The number of carbonyl (C=O) groups is 1. The van der Waals surface area contributed by atoms with Crippen molar-refractivity contribution in [2.24, 2.45) is 0 Å². The van der Waals surface area contributed by atoms with E-state index in [9.17, 15) is 23.2 Å². The molecule has 0 radical (unpaired) electrons. The van der Waals surface area contributed by atoms with Gasteiger partial charge >= 0.3 is 6.18 Å². The number of carbonyl (C=O) groups excluding carboxylic acids is 1. The summed E-state index contributed by atoms with van der Waals surface area (Å²) in [7, 11) is 1.49. The molecule has 1 N–H and O–H groups in total. The van der Waals surface area contributed by atoms with Crippen LogP contribution in [0.4, 0.5) is 24.5 Å². The number of fused-ring (bicyclic) bond motifs is 1. The molecule has 0 unspecified atom stereocenters. The third-order valence-electron chi connectivity index (χ3n) is 6.52. The van der Waals surface area contributed by atoms with Crippen molar-refractivity contribution in [2.45, 2.75) is 6.18 Å². The minimum atomic E-state index is -4.35. The van der Waals surface area contributed by atoms with Crippen LogP contribution in [0.3, 0.4) is 0 Å². The van der Waals surface area contributed by atoms with E-state index >= 15 is 0 Å². The van der Waals surface area contributed by atoms with Crippen LogP contribution in [-0.4, -0.2) is 55.6 Å². The Morgan fingerprint density at radius 2 is 1.77 bits per heavy atom. The molecule has 200 valence electrons. The van der Waals surface area contributed by atoms with Gasteiger partial charge in [0.2, 0.25) is 11.8 Å². The molecule has 8 nitrogen and oxygen atoms in total. The second-order valence-corrected chi connectivity index (χ2v) is 9.09. The van der Waals surface area contributed by atoms with Gasteiger partial charge in [-0.1, -0.05) is 0 Å². The Morgan fingerprint density at radius 3 is 2.38 bits per heavy atom. The number of nitriles is 1. The van der Waals surface area contributed by atoms with E-state index in [2.05, 4.69) is 16.4 Å². The molecule has 2 heterocycles. The number of hydrogen-bond acceptors (Lipinski definition) is 7. The summed E-state index contributed by atoms with van der Waals surface area (Å²) in [5, 5.41) is 12.1. The van der Waals surface area contributed by atoms with Crippen molar-refractivity contribution in [3.05, 3.63) is 71.8 Å². The zero-order chi connectivity index (χ0) is 27.6. The van der Waals surface area contributed by atoms with Crippen LogP contribution in [0.2, 0.25) is 0 Å². The zero-order valence-corrected chi connectivity index (χ0v) is 21.0. The number of piperazine rings is 1. The van der Waals surface area contributed by atoms with Crippen LogP contribution >= 0.6 is 0 Å². The molecule has 0 spiro atoms. The van der Waals surface area contributed by atoms with Gasteiger partial charge < -0.3 is 19.4 Å². The first-order valence-electron chi connectivity index (χ1n) is 12.2. The van der Waals surface area contributed by atoms with E-state index in [4.69, 9.17) is 9.15 Å². The number of anilines is 2. The second-order valence-electron chi connectivity index (χ2n) is 9.09. The van der Waals surface area contributed by atoms with Gasteiger partial charge in [-0.05, 0) is 54.6 Å². The molecule has 1 fully saturated rings. The minimum Gasteiger partial charge on any atom is -0.493 e. The van der Waals surface area contributed by atoms with Crippen molar-refractivity contribution in [3.63, 3.8) is 0 Å². The molecule has 0 aliphatic carbocycles. The van der Waals surface area contributed by atoms with E-state index in [0.717, 1.165) is 17.8 Å². The Hall–Kier alpha value is -4.56. The second kappa shape index (κ2) is 10.7. The first-order chi connectivity index (χ1) is 18.7. The third kappa shape index (κ3) is 5.81. The standard InChI is InChI=1S/C28H24F3N5O3/c1-38-24-15-18(16-32)14-23-26(24)39-27(34-23)19-2-6-21(7-3-19)33-25(37)17-35-10-12-36(13-11-35)22-8-4-20(5-9-22)28(29,30)31/h2-9,14-15H,10-13,17H2,1H3,(H,33,37). The molecule has 39 heavy (non-hydrogen) atoms. The van der Waals surface area contributed by atoms with E-state index in [1.54, 1.807) is 36.4 Å². The topological polar surface area (TPSA) is 94.6 Å². The molecule has 1 aliphatic heterocycles. The summed E-state index contributed by atoms with van der Waals surface area (Å²) in [5.41, 5.74) is 2.75. The summed E-state index contributed by atoms with van der Waals surface area (Å²) >= 11 is 0. The van der Waals surface area contributed by atoms with Crippen LogP contribution in [-0.2, 0) is 11.0 Å². The number of halogens is 3. The first-order valence-corrected chi connectivity index (χ1v) is 12.2. The lowest BCUT2D eigenvalue weighted by Crippen LogP contribution is -2.48. The maximum Gasteiger partial charge on any atom is 0.416 e. The summed E-state index contributed by atoms with van der Waals surface area (Å²) in [6.45, 7) is 2.65. The van der Waals surface area contributed by atoms with Crippen molar-refractivity contribution in [1.82, 2.24) is 9.88 Å². The average Bonchev–Trinajstić information content (AvgIpc) is 3.37. The van der Waals surface area contributed by atoms with Crippen LogP contribution in [0.15, 0.2) is 65.1 Å². The molecule has 5 rings (SSSR count). The number of aromatic nitrogens is 1. The van der Waals surface area contributed by atoms with E-state index in [0.29, 0.717) is 65.7 Å². The van der Waals surface area contributed by atoms with Crippen molar-refractivity contribution in [1.29, 1.82) is 5.26 Å². The fourth-order valence-corrected chi connectivity index (χ4v) is 4.47. The number of benzene rings is 3. The fraction of sp³-hybridized carbons (Fsp3) is 0.250. The third-order valence-corrected chi connectivity index (χ3v) is 6.52. The number of oxazole rings is 1. The van der Waals surface area contributed by atoms with Crippen LogP contribution < -0.4 is 15.0 Å². The molecule has 0 atom stereocenters. The Bertz CT molecular complexity index is 1520. The van der Waals surface area contributed by atoms with E-state index in [1.165, 1.54) is 19.2 Å². The van der Waals surface area contributed by atoms with Gasteiger partial charge in [0, 0.05) is 49.2 Å². The highest BCUT2D eigenvalue weighted by molar-refractivity contribution is 5.92. The first kappa shape index (κ1) is 26.1. The van der Waals surface area contributed by atoms with Crippen molar-refractivity contribution >= 4 is 28.4 Å². The van der Waals surface area contributed by atoms with Crippen LogP contribution in [0.1, 0.15) is 11.1 Å². The maximum absolute atomic E-state index is 12.8. The lowest BCUT2D eigenvalue weighted by molar-refractivity contribution is -0.137. The molecule has 3 aromatic carbocycles. The summed E-state index contributed by atoms with van der Waals surface area (Å²) in [6.07, 6.45) is -4.35. The minimum absolute atomic E-state index is 0.165. The molecular formula is C28H24F3N5O3. The zero-order valence-electron chi connectivity index (χ0n) is 21.0. The fourth-order valence-electron chi connectivity index (χ4n) is 4.47. The smallest absolute Gasteiger partial charge is 0.416 e. The summed E-state index contributed by atoms with van der Waals surface area (Å²) in [5.74, 6) is 0.621. The maximum atomic E-state index is 12.8. The Labute approximate surface area is 222 Å². The predicted octanol–water partition coefficient (Wildman–Crippen LogP) is 5.15. The number of amides is 1. The molecule has 1 saturated heterocycles. The molecule has 11 heteroatoms. The number of alkyl halides is 3. The van der Waals surface area contributed by atoms with Crippen molar-refractivity contribution in [2.75, 3.05) is 50.1 Å². The quantitative estimate of drug-likeness (QED) is 0.365. The van der Waals surface area contributed by atoms with Crippen molar-refractivity contribution in [3.8, 4) is 23.3 Å². The van der Waals surface area contributed by atoms with E-state index in [-0.39, 0.29) is 12.5 Å². The number of ether oxygens (including phenoxy) is 1. The monoisotopic (exact) mass is 535 g/mol. The average molecular weight is 536 g/mol. The van der Waals surface area contributed by atoms with Gasteiger partial charge in [0.1, 0.15) is 5.52 Å². The molecule has 1 aromatic heterocycles. The highest BCUT2D eigenvalue weighted by atomic mass is 19.4. The molecule has 1 aliphatic rings. The van der Waals surface area contributed by atoms with Gasteiger partial charge in [0.15, 0.2) is 11.3 Å². The van der Waals surface area contributed by atoms with Gasteiger partial charge in [-0.15, -0.1) is 0 Å². The Kier molecular flexibility index (Phi) is 7.13. The van der Waals surface area contributed by atoms with Gasteiger partial charge in [0.05, 0.1) is 30.9 Å². The number of hydrogen-bond donors (Lipinski definition) is 1. The van der Waals surface area contributed by atoms with E-state index < -0.39 is 11.7 Å². The molecular weight excluding hydrogens is 511 g/mol. The molecule has 4 aromatic rings. The van der Waals surface area contributed by atoms with Gasteiger partial charge in [-0.3, -0.25) is 9.69 Å². The van der Waals surface area contributed by atoms with E-state index in [1.807, 2.05) is 9.80 Å². The van der Waals surface area contributed by atoms with Crippen LogP contribution in [0, 0.1) is 11.3 Å². The largest absolute Gasteiger partial charge is 0.493 e. The van der Waals surface area contributed by atoms with Crippen LogP contribution in [0.5, 0.6) is 5.75 Å². The lowest BCUT2D eigenvalue weighted by atomic mass is 10.1. The van der Waals surface area contributed by atoms with Crippen LogP contribution in [0.25, 0.3) is 22.6 Å². The number of methoxy groups -OCH3 is 1. The number of rotatable bonds is 6. The van der Waals surface area contributed by atoms with Gasteiger partial charge in [0.25, 0.3) is 0 Å². The predicted molar refractivity (Wildman–Crippen MR) is 139 cm³/mol. The van der Waals surface area contributed by atoms with Gasteiger partial charge in [-0.2, -0.15) is 18.4 Å². The summed E-state index contributed by atoms with van der Waals surface area (Å²) in [6, 6.07) is 17.5. The summed E-state index contributed by atoms with van der Waals surface area (Å²) < 4.78 is 49.6. The molecule has 0 saturated carbocycles. The Balaban J connectivity index is 1.15. The number of nitrogens with one attached hydrogen (secondary N) is 1. The lowest BCUT2D eigenvalue weighted by Gasteiger charge is -2.35. The molecule has 0 bridgehead atoms. The summed E-state index contributed by atoms with van der Waals surface area (Å²) in [4.78, 5) is 21.1. The van der Waals surface area contributed by atoms with Crippen molar-refractivity contribution < 1.29 is 27.1 Å². The normalized spacial score (nSPS) is 14.3. The number of nitrogens with zero attached hydrogens (tertiary/aromatic N) is 4. The molecule has 1 amide bonds.